The first-order valence-electron chi connectivity index (χ1n) is 4.20. The van der Waals surface area contributed by atoms with E-state index in [1.54, 1.807) is 0 Å². The van der Waals surface area contributed by atoms with Gasteiger partial charge in [-0.3, -0.25) is 4.79 Å². The molecule has 0 aliphatic heterocycles. The Kier molecular flexibility index (Phi) is 2.89. The van der Waals surface area contributed by atoms with Gasteiger partial charge in [-0.1, -0.05) is 0 Å². The highest BCUT2D eigenvalue weighted by Gasteiger charge is 2.25. The van der Waals surface area contributed by atoms with Crippen LogP contribution in [-0.4, -0.2) is 16.1 Å². The Morgan fingerprint density at radius 3 is 2.64 bits per heavy atom. The van der Waals surface area contributed by atoms with Crippen molar-refractivity contribution in [2.75, 3.05) is 0 Å². The monoisotopic (exact) mass is 217 g/mol. The Hall–Kier alpha value is -0.970. The lowest BCUT2D eigenvalue weighted by Crippen LogP contribution is -2.07. The van der Waals surface area contributed by atoms with Gasteiger partial charge in [-0.2, -0.15) is 0 Å². The van der Waals surface area contributed by atoms with Crippen LogP contribution in [0.2, 0.25) is 0 Å². The summed E-state index contributed by atoms with van der Waals surface area (Å²) in [5.41, 5.74) is -1.45. The minimum absolute atomic E-state index is 0.443. The Morgan fingerprint density at radius 2 is 2.29 bits per heavy atom. The lowest BCUT2D eigenvalue weighted by molar-refractivity contribution is -0.138. The van der Waals surface area contributed by atoms with Crippen LogP contribution in [0.3, 0.4) is 0 Å². The van der Waals surface area contributed by atoms with Crippen molar-refractivity contribution in [2.45, 2.75) is 32.4 Å². The molecule has 1 atom stereocenters. The van der Waals surface area contributed by atoms with E-state index in [0.717, 1.165) is 11.3 Å². The fraction of sp³-hybridized carbons (Fsp3) is 0.556. The highest BCUT2D eigenvalue weighted by Crippen LogP contribution is 2.32. The van der Waals surface area contributed by atoms with E-state index >= 15 is 0 Å². The summed E-state index contributed by atoms with van der Waals surface area (Å²) in [5, 5.41) is 9.16. The molecule has 0 aromatic carbocycles. The Bertz CT molecular complexity index is 343. The van der Waals surface area contributed by atoms with E-state index in [2.05, 4.69) is 4.98 Å². The Balaban J connectivity index is 2.94. The minimum atomic E-state index is -1.45. The number of aromatic nitrogens is 1. The molecule has 0 fully saturated rings. The highest BCUT2D eigenvalue weighted by atomic mass is 32.1. The van der Waals surface area contributed by atoms with Crippen LogP contribution >= 0.6 is 11.3 Å². The molecule has 0 saturated heterocycles. The molecule has 1 aromatic heterocycles. The zero-order valence-electron chi connectivity index (χ0n) is 8.24. The third-order valence-corrected chi connectivity index (χ3v) is 3.33. The van der Waals surface area contributed by atoms with Crippen LogP contribution < -0.4 is 0 Å². The molecule has 78 valence electrons. The number of alkyl halides is 1. The van der Waals surface area contributed by atoms with Gasteiger partial charge in [-0.25, -0.2) is 9.37 Å². The lowest BCUT2D eigenvalue weighted by Gasteiger charge is -2.09. The number of thiazole rings is 1. The maximum Gasteiger partial charge on any atom is 0.313 e. The molecular formula is C9H12FNO2S. The van der Waals surface area contributed by atoms with Crippen molar-refractivity contribution >= 4 is 17.3 Å². The second-order valence-electron chi connectivity index (χ2n) is 3.60. The van der Waals surface area contributed by atoms with Crippen LogP contribution in [0.4, 0.5) is 4.39 Å². The van der Waals surface area contributed by atoms with E-state index < -0.39 is 17.6 Å². The summed E-state index contributed by atoms with van der Waals surface area (Å²) in [6, 6.07) is 0. The normalized spacial score (nSPS) is 14.0. The average molecular weight is 217 g/mol. The lowest BCUT2D eigenvalue weighted by atomic mass is 10.1. The predicted molar refractivity (Wildman–Crippen MR) is 52.3 cm³/mol. The standard InChI is InChI=1S/C9H12FNO2S/c1-5(8(12)13)7-11-4-6(14-7)9(2,3)10/h4-5H,1-3H3,(H,12,13). The maximum absolute atomic E-state index is 13.4. The van der Waals surface area contributed by atoms with Gasteiger partial charge < -0.3 is 5.11 Å². The van der Waals surface area contributed by atoms with Gasteiger partial charge in [0.2, 0.25) is 0 Å². The SMILES string of the molecule is CC(C(=O)O)c1ncc(C(C)(C)F)s1. The molecule has 1 aromatic rings. The quantitative estimate of drug-likeness (QED) is 0.846. The van der Waals surface area contributed by atoms with E-state index in [-0.39, 0.29) is 0 Å². The minimum Gasteiger partial charge on any atom is -0.481 e. The van der Waals surface area contributed by atoms with Crippen LogP contribution in [0.5, 0.6) is 0 Å². The third-order valence-electron chi connectivity index (χ3n) is 1.85. The first-order chi connectivity index (χ1) is 6.32. The zero-order valence-corrected chi connectivity index (χ0v) is 9.06. The molecule has 1 unspecified atom stereocenters. The van der Waals surface area contributed by atoms with Crippen molar-refractivity contribution in [3.05, 3.63) is 16.1 Å². The largest absolute Gasteiger partial charge is 0.481 e. The molecule has 1 N–H and O–H groups in total. The number of rotatable bonds is 3. The summed E-state index contributed by atoms with van der Waals surface area (Å²) in [6.07, 6.45) is 1.40. The smallest absolute Gasteiger partial charge is 0.313 e. The van der Waals surface area contributed by atoms with E-state index in [0.29, 0.717) is 9.88 Å². The Labute approximate surface area is 85.6 Å². The number of nitrogens with zero attached hydrogens (tertiary/aromatic N) is 1. The maximum atomic E-state index is 13.4. The van der Waals surface area contributed by atoms with Crippen LogP contribution in [0, 0.1) is 0 Å². The molecule has 5 heteroatoms. The van der Waals surface area contributed by atoms with E-state index in [9.17, 15) is 9.18 Å². The van der Waals surface area contributed by atoms with Crippen molar-refractivity contribution in [1.29, 1.82) is 0 Å². The summed E-state index contributed by atoms with van der Waals surface area (Å²) in [7, 11) is 0. The number of carboxylic acids is 1. The molecule has 0 aliphatic carbocycles. The van der Waals surface area contributed by atoms with Crippen molar-refractivity contribution in [1.82, 2.24) is 4.98 Å². The molecule has 0 aliphatic rings. The summed E-state index contributed by atoms with van der Waals surface area (Å²) < 4.78 is 13.4. The average Bonchev–Trinajstić information content (AvgIpc) is 2.49. The molecule has 0 saturated carbocycles. The molecule has 0 radical (unpaired) electrons. The van der Waals surface area contributed by atoms with E-state index in [1.807, 2.05) is 0 Å². The number of halogens is 1. The first-order valence-corrected chi connectivity index (χ1v) is 5.02. The molecular weight excluding hydrogens is 205 g/mol. The third kappa shape index (κ3) is 2.29. The fourth-order valence-electron chi connectivity index (χ4n) is 0.868. The summed E-state index contributed by atoms with van der Waals surface area (Å²) >= 11 is 1.11. The number of hydrogen-bond acceptors (Lipinski definition) is 3. The van der Waals surface area contributed by atoms with Crippen molar-refractivity contribution in [2.24, 2.45) is 0 Å². The highest BCUT2D eigenvalue weighted by molar-refractivity contribution is 7.11. The number of carboxylic acid groups (broad SMARTS) is 1. The van der Waals surface area contributed by atoms with Crippen LogP contribution in [0.1, 0.15) is 36.6 Å². The van der Waals surface area contributed by atoms with Gasteiger partial charge in [0.15, 0.2) is 0 Å². The molecule has 1 rings (SSSR count). The molecule has 0 spiro atoms. The van der Waals surface area contributed by atoms with Gasteiger partial charge in [-0.15, -0.1) is 11.3 Å². The van der Waals surface area contributed by atoms with E-state index in [1.165, 1.54) is 27.0 Å². The van der Waals surface area contributed by atoms with Gasteiger partial charge in [0.05, 0.1) is 4.88 Å². The van der Waals surface area contributed by atoms with Gasteiger partial charge in [0.25, 0.3) is 0 Å². The van der Waals surface area contributed by atoms with Crippen LogP contribution in [-0.2, 0) is 10.5 Å². The molecule has 0 bridgehead atoms. The number of aliphatic carboxylic acids is 1. The molecule has 14 heavy (non-hydrogen) atoms. The number of hydrogen-bond donors (Lipinski definition) is 1. The van der Waals surface area contributed by atoms with Crippen LogP contribution in [0.25, 0.3) is 0 Å². The second kappa shape index (κ2) is 3.65. The molecule has 0 amide bonds. The Morgan fingerprint density at radius 1 is 1.71 bits per heavy atom. The van der Waals surface area contributed by atoms with Gasteiger partial charge in [-0.05, 0) is 20.8 Å². The summed E-state index contributed by atoms with van der Waals surface area (Å²) in [5.74, 6) is -1.61. The number of carbonyl (C=O) groups is 1. The molecule has 1 heterocycles. The van der Waals surface area contributed by atoms with Crippen molar-refractivity contribution in [3.63, 3.8) is 0 Å². The fourth-order valence-corrected chi connectivity index (χ4v) is 1.82. The van der Waals surface area contributed by atoms with Gasteiger partial charge >= 0.3 is 5.97 Å². The zero-order chi connectivity index (χ0) is 10.9. The first kappa shape index (κ1) is 11.1. The van der Waals surface area contributed by atoms with Crippen LogP contribution in [0.15, 0.2) is 6.20 Å². The van der Waals surface area contributed by atoms with Crippen molar-refractivity contribution < 1.29 is 14.3 Å². The topological polar surface area (TPSA) is 50.2 Å². The summed E-state index contributed by atoms with van der Waals surface area (Å²) in [4.78, 5) is 15.0. The van der Waals surface area contributed by atoms with E-state index in [4.69, 9.17) is 5.11 Å². The van der Waals surface area contributed by atoms with Gasteiger partial charge in [0.1, 0.15) is 16.6 Å². The predicted octanol–water partition coefficient (Wildman–Crippen LogP) is 2.54. The van der Waals surface area contributed by atoms with Gasteiger partial charge in [0, 0.05) is 6.20 Å². The molecule has 3 nitrogen and oxygen atoms in total. The summed E-state index contributed by atoms with van der Waals surface area (Å²) in [6.45, 7) is 4.39. The van der Waals surface area contributed by atoms with Crippen molar-refractivity contribution in [3.8, 4) is 0 Å². The second-order valence-corrected chi connectivity index (χ2v) is 4.66.